The van der Waals surface area contributed by atoms with Crippen LogP contribution in [0.25, 0.3) is 0 Å². The summed E-state index contributed by atoms with van der Waals surface area (Å²) in [5.41, 5.74) is 2.64. The zero-order valence-corrected chi connectivity index (χ0v) is 11.7. The van der Waals surface area contributed by atoms with Crippen LogP contribution < -0.4 is 5.32 Å². The third-order valence-electron chi connectivity index (χ3n) is 2.62. The van der Waals surface area contributed by atoms with Crippen molar-refractivity contribution in [3.05, 3.63) is 35.7 Å². The molecule has 4 nitrogen and oxygen atoms in total. The second-order valence-corrected chi connectivity index (χ2v) is 5.58. The van der Waals surface area contributed by atoms with Crippen LogP contribution in [-0.2, 0) is 6.54 Å². The maximum Gasteiger partial charge on any atom is 0.188 e. The summed E-state index contributed by atoms with van der Waals surface area (Å²) in [5, 5.41) is 10.9. The van der Waals surface area contributed by atoms with E-state index in [1.165, 1.54) is 22.3 Å². The minimum absolute atomic E-state index is 0.507. The number of nitrogens with zero attached hydrogens (tertiary/aromatic N) is 2. The topological polar surface area (TPSA) is 53.6 Å². The molecule has 0 atom stereocenters. The summed E-state index contributed by atoms with van der Waals surface area (Å²) in [6.45, 7) is 7.37. The molecule has 0 unspecified atom stereocenters. The summed E-state index contributed by atoms with van der Waals surface area (Å²) >= 11 is 1.59. The van der Waals surface area contributed by atoms with Crippen LogP contribution in [0.1, 0.15) is 25.0 Å². The van der Waals surface area contributed by atoms with Gasteiger partial charge in [0, 0.05) is 17.5 Å². The molecular weight excluding hydrogens is 244 g/mol. The average molecular weight is 262 g/mol. The van der Waals surface area contributed by atoms with E-state index < -0.39 is 0 Å². The molecule has 0 radical (unpaired) electrons. The summed E-state index contributed by atoms with van der Waals surface area (Å²) in [5.74, 6) is 0. The van der Waals surface area contributed by atoms with E-state index in [9.17, 15) is 0 Å². The molecule has 0 aliphatic rings. The first kappa shape index (κ1) is 13.1. The van der Waals surface area contributed by atoms with Gasteiger partial charge in [0.1, 0.15) is 6.33 Å². The molecule has 0 fully saturated rings. The maximum atomic E-state index is 4.11. The Kier molecular flexibility index (Phi) is 4.38. The van der Waals surface area contributed by atoms with E-state index in [-0.39, 0.29) is 0 Å². The average Bonchev–Trinajstić information content (AvgIpc) is 2.80. The Morgan fingerprint density at radius 3 is 2.83 bits per heavy atom. The molecule has 0 aliphatic carbocycles. The molecule has 2 rings (SSSR count). The van der Waals surface area contributed by atoms with Gasteiger partial charge in [-0.15, -0.1) is 0 Å². The van der Waals surface area contributed by atoms with E-state index in [0.717, 1.165) is 11.7 Å². The number of aromatic nitrogens is 3. The molecule has 1 aromatic carbocycles. The van der Waals surface area contributed by atoms with Gasteiger partial charge >= 0.3 is 0 Å². The standard InChI is InChI=1S/C13H18N4S/c1-9(2)14-7-11-4-5-12(6-10(11)3)18-13-15-8-16-17-13/h4-6,8-9,14H,7H2,1-3H3,(H,15,16,17). The van der Waals surface area contributed by atoms with Crippen LogP contribution in [0.15, 0.2) is 34.6 Å². The number of benzene rings is 1. The lowest BCUT2D eigenvalue weighted by Crippen LogP contribution is -2.22. The highest BCUT2D eigenvalue weighted by molar-refractivity contribution is 7.99. The molecule has 1 aromatic heterocycles. The van der Waals surface area contributed by atoms with Crippen molar-refractivity contribution in [2.75, 3.05) is 0 Å². The van der Waals surface area contributed by atoms with Gasteiger partial charge in [-0.05, 0) is 30.2 Å². The Balaban J connectivity index is 2.05. The first-order chi connectivity index (χ1) is 8.65. The van der Waals surface area contributed by atoms with E-state index in [0.29, 0.717) is 6.04 Å². The molecule has 0 aliphatic heterocycles. The SMILES string of the molecule is Cc1cc(Sc2ncn[nH]2)ccc1CNC(C)C. The number of H-pyrrole nitrogens is 1. The fourth-order valence-corrected chi connectivity index (χ4v) is 2.39. The van der Waals surface area contributed by atoms with E-state index >= 15 is 0 Å². The summed E-state index contributed by atoms with van der Waals surface area (Å²) in [6, 6.07) is 6.98. The molecule has 2 aromatic rings. The maximum absolute atomic E-state index is 4.11. The normalized spacial score (nSPS) is 11.1. The Hall–Kier alpha value is -1.33. The third-order valence-corrected chi connectivity index (χ3v) is 3.50. The first-order valence-corrected chi connectivity index (χ1v) is 6.83. The largest absolute Gasteiger partial charge is 0.310 e. The van der Waals surface area contributed by atoms with E-state index in [1.807, 2.05) is 0 Å². The number of aromatic amines is 1. The molecule has 18 heavy (non-hydrogen) atoms. The molecule has 2 N–H and O–H groups in total. The van der Waals surface area contributed by atoms with Crippen molar-refractivity contribution in [1.29, 1.82) is 0 Å². The predicted molar refractivity (Wildman–Crippen MR) is 73.7 cm³/mol. The summed E-state index contributed by atoms with van der Waals surface area (Å²) in [6.07, 6.45) is 1.52. The van der Waals surface area contributed by atoms with Gasteiger partial charge in [0.2, 0.25) is 0 Å². The highest BCUT2D eigenvalue weighted by Crippen LogP contribution is 2.25. The van der Waals surface area contributed by atoms with E-state index in [1.54, 1.807) is 11.8 Å². The van der Waals surface area contributed by atoms with E-state index in [4.69, 9.17) is 0 Å². The third kappa shape index (κ3) is 3.58. The fraction of sp³-hybridized carbons (Fsp3) is 0.385. The van der Waals surface area contributed by atoms with Crippen LogP contribution in [0.5, 0.6) is 0 Å². The Morgan fingerprint density at radius 2 is 2.22 bits per heavy atom. The number of hydrogen-bond acceptors (Lipinski definition) is 4. The quantitative estimate of drug-likeness (QED) is 0.870. The number of nitrogens with one attached hydrogen (secondary N) is 2. The van der Waals surface area contributed by atoms with Gasteiger partial charge in [-0.3, -0.25) is 5.10 Å². The van der Waals surface area contributed by atoms with Gasteiger partial charge in [-0.1, -0.05) is 31.7 Å². The highest BCUT2D eigenvalue weighted by Gasteiger charge is 2.04. The second kappa shape index (κ2) is 6.02. The van der Waals surface area contributed by atoms with Crippen molar-refractivity contribution < 1.29 is 0 Å². The van der Waals surface area contributed by atoms with Crippen molar-refractivity contribution in [2.45, 2.75) is 43.4 Å². The Labute approximate surface area is 112 Å². The van der Waals surface area contributed by atoms with Crippen molar-refractivity contribution in [1.82, 2.24) is 20.5 Å². The molecule has 0 bridgehead atoms. The van der Waals surface area contributed by atoms with Crippen LogP contribution in [0, 0.1) is 6.92 Å². The second-order valence-electron chi connectivity index (χ2n) is 4.52. The first-order valence-electron chi connectivity index (χ1n) is 6.01. The van der Waals surface area contributed by atoms with Crippen LogP contribution in [-0.4, -0.2) is 21.2 Å². The molecule has 96 valence electrons. The van der Waals surface area contributed by atoms with Gasteiger partial charge in [-0.25, -0.2) is 4.98 Å². The van der Waals surface area contributed by atoms with Crippen LogP contribution >= 0.6 is 11.8 Å². The van der Waals surface area contributed by atoms with Crippen LogP contribution in [0.3, 0.4) is 0 Å². The van der Waals surface area contributed by atoms with Gasteiger partial charge in [0.15, 0.2) is 5.16 Å². The number of rotatable bonds is 5. The summed E-state index contributed by atoms with van der Waals surface area (Å²) < 4.78 is 0. The lowest BCUT2D eigenvalue weighted by atomic mass is 10.1. The summed E-state index contributed by atoms with van der Waals surface area (Å²) in [7, 11) is 0. The molecular formula is C13H18N4S. The molecule has 0 saturated carbocycles. The van der Waals surface area contributed by atoms with Gasteiger partial charge in [-0.2, -0.15) is 5.10 Å². The van der Waals surface area contributed by atoms with Crippen molar-refractivity contribution in [2.24, 2.45) is 0 Å². The summed E-state index contributed by atoms with van der Waals surface area (Å²) in [4.78, 5) is 5.29. The zero-order chi connectivity index (χ0) is 13.0. The fourth-order valence-electron chi connectivity index (χ4n) is 1.60. The Bertz CT molecular complexity index is 494. The molecule has 1 heterocycles. The van der Waals surface area contributed by atoms with Crippen molar-refractivity contribution in [3.63, 3.8) is 0 Å². The molecule has 0 saturated heterocycles. The number of hydrogen-bond donors (Lipinski definition) is 2. The Morgan fingerprint density at radius 1 is 1.39 bits per heavy atom. The minimum Gasteiger partial charge on any atom is -0.310 e. The number of aryl methyl sites for hydroxylation is 1. The molecule has 0 amide bonds. The van der Waals surface area contributed by atoms with Crippen molar-refractivity contribution in [3.8, 4) is 0 Å². The lowest BCUT2D eigenvalue weighted by Gasteiger charge is -2.11. The van der Waals surface area contributed by atoms with Crippen LogP contribution in [0.2, 0.25) is 0 Å². The van der Waals surface area contributed by atoms with E-state index in [2.05, 4.69) is 59.5 Å². The molecule has 5 heteroatoms. The van der Waals surface area contributed by atoms with Gasteiger partial charge in [0.05, 0.1) is 0 Å². The smallest absolute Gasteiger partial charge is 0.188 e. The monoisotopic (exact) mass is 262 g/mol. The molecule has 0 spiro atoms. The predicted octanol–water partition coefficient (Wildman–Crippen LogP) is 2.76. The highest BCUT2D eigenvalue weighted by atomic mass is 32.2. The minimum atomic E-state index is 0.507. The van der Waals surface area contributed by atoms with Crippen LogP contribution in [0.4, 0.5) is 0 Å². The zero-order valence-electron chi connectivity index (χ0n) is 10.9. The van der Waals surface area contributed by atoms with Crippen molar-refractivity contribution >= 4 is 11.8 Å². The van der Waals surface area contributed by atoms with Gasteiger partial charge in [0.25, 0.3) is 0 Å². The lowest BCUT2D eigenvalue weighted by molar-refractivity contribution is 0.587. The van der Waals surface area contributed by atoms with Gasteiger partial charge < -0.3 is 5.32 Å².